The Morgan fingerprint density at radius 1 is 0.795 bits per heavy atom. The van der Waals surface area contributed by atoms with Crippen molar-refractivity contribution in [2.24, 2.45) is 11.8 Å². The van der Waals surface area contributed by atoms with Crippen LogP contribution in [0.15, 0.2) is 136 Å². The van der Waals surface area contributed by atoms with Gasteiger partial charge in [-0.1, -0.05) is 60.1 Å². The smallest absolute Gasteiger partial charge is 0.481 e. The van der Waals surface area contributed by atoms with Crippen LogP contribution in [0.4, 0.5) is 30.2 Å². The monoisotopic (exact) mass is 1170 g/mol. The Balaban J connectivity index is 0.925. The van der Waals surface area contributed by atoms with Crippen molar-refractivity contribution < 1.29 is 49.0 Å². The quantitative estimate of drug-likeness (QED) is 0.0643. The number of alkyl halides is 3. The number of thioether (sulfide) groups is 1. The number of aliphatic carboxylic acids is 1. The van der Waals surface area contributed by atoms with E-state index in [0.717, 1.165) is 39.2 Å². The Labute approximate surface area is 464 Å². The summed E-state index contributed by atoms with van der Waals surface area (Å²) in [5.41, 5.74) is 0.391. The van der Waals surface area contributed by atoms with Gasteiger partial charge in [0, 0.05) is 82.5 Å². The molecule has 0 amide bonds. The van der Waals surface area contributed by atoms with E-state index < -0.39 is 49.5 Å². The Kier molecular flexibility index (Phi) is 17.3. The van der Waals surface area contributed by atoms with Gasteiger partial charge >= 0.3 is 19.0 Å². The molecule has 0 saturated carbocycles. The van der Waals surface area contributed by atoms with E-state index in [0.29, 0.717) is 92.8 Å². The van der Waals surface area contributed by atoms with E-state index in [9.17, 15) is 39.9 Å². The van der Waals surface area contributed by atoms with Gasteiger partial charge in [0.2, 0.25) is 0 Å². The van der Waals surface area contributed by atoms with Crippen LogP contribution in [0.2, 0.25) is 5.02 Å². The maximum atomic E-state index is 15.0. The summed E-state index contributed by atoms with van der Waals surface area (Å²) in [5, 5.41) is 9.91. The summed E-state index contributed by atoms with van der Waals surface area (Å²) in [6, 6.07) is 35.9. The Morgan fingerprint density at radius 2 is 1.44 bits per heavy atom. The summed E-state index contributed by atoms with van der Waals surface area (Å²) in [4.78, 5) is 18.5. The van der Waals surface area contributed by atoms with Gasteiger partial charge in [-0.2, -0.15) is 13.2 Å². The van der Waals surface area contributed by atoms with E-state index in [4.69, 9.17) is 16.1 Å². The van der Waals surface area contributed by atoms with Crippen LogP contribution in [0.3, 0.4) is 0 Å². The SMILES string of the molecule is Cc1c(S(C)(=O)=O)c(-c2cccc(N3CCN(c4ccc(N5CCO[P@]5(=O)c5ccc(C[C@H](CCN6CCC(C(=O)O)CC6)CSc6ccccc6)c(S(=O)(=O)C(F)(F)F)c5)cc4)CC3)c2)c(-c2ccc(Cl)cc2)n1C(C)C. The van der Waals surface area contributed by atoms with Crippen LogP contribution in [0.25, 0.3) is 22.4 Å². The Bertz CT molecular complexity index is 3410. The molecule has 0 spiro atoms. The van der Waals surface area contributed by atoms with Crippen molar-refractivity contribution in [2.75, 3.05) is 85.4 Å². The topological polar surface area (TPSA) is 150 Å². The van der Waals surface area contributed by atoms with Gasteiger partial charge in [-0.25, -0.2) is 16.8 Å². The first-order valence-electron chi connectivity index (χ1n) is 26.0. The lowest BCUT2D eigenvalue weighted by Gasteiger charge is -2.37. The number of aromatic nitrogens is 1. The van der Waals surface area contributed by atoms with Crippen LogP contribution in [-0.2, 0) is 40.0 Å². The first kappa shape index (κ1) is 57.4. The van der Waals surface area contributed by atoms with Gasteiger partial charge in [-0.15, -0.1) is 11.8 Å². The second-order valence-electron chi connectivity index (χ2n) is 20.6. The molecule has 3 aliphatic heterocycles. The molecule has 1 aromatic heterocycles. The number of hydrogen-bond acceptors (Lipinski definition) is 11. The number of rotatable bonds is 18. The molecule has 6 aromatic rings. The number of likely N-dealkylation sites (tertiary alicyclic amines) is 1. The maximum Gasteiger partial charge on any atom is 0.501 e. The van der Waals surface area contributed by atoms with E-state index in [1.54, 1.807) is 24.3 Å². The predicted molar refractivity (Wildman–Crippen MR) is 305 cm³/mol. The highest BCUT2D eigenvalue weighted by atomic mass is 35.5. The van der Waals surface area contributed by atoms with Gasteiger partial charge in [0.15, 0.2) is 9.84 Å². The largest absolute Gasteiger partial charge is 0.501 e. The number of sulfone groups is 2. The number of nitrogens with zero attached hydrogens (tertiary/aromatic N) is 5. The van der Waals surface area contributed by atoms with Crippen LogP contribution >= 0.6 is 30.9 Å². The minimum absolute atomic E-state index is 0.00158. The summed E-state index contributed by atoms with van der Waals surface area (Å²) < 4.78 is 122. The second-order valence-corrected chi connectivity index (χ2v) is 28.3. The third kappa shape index (κ3) is 12.2. The molecule has 0 aliphatic carbocycles. The molecule has 0 bridgehead atoms. The average Bonchev–Trinajstić information content (AvgIpc) is 4.13. The fraction of sp³-hybridized carbons (Fsp3) is 0.386. The van der Waals surface area contributed by atoms with Gasteiger partial charge in [0.1, 0.15) is 0 Å². The van der Waals surface area contributed by atoms with Gasteiger partial charge in [-0.3, -0.25) is 14.0 Å². The van der Waals surface area contributed by atoms with Crippen molar-refractivity contribution in [1.82, 2.24) is 9.47 Å². The molecule has 2 atom stereocenters. The second kappa shape index (κ2) is 23.4. The Morgan fingerprint density at radius 3 is 2.05 bits per heavy atom. The molecule has 1 N–H and O–H groups in total. The standard InChI is InChI=1S/C57H64ClF3N5O8PS3/c1-39(2)66-40(3)55(77(4,70)71)53(54(66)42-13-16-46(58)17-14-42)45-9-8-10-49(36-45)64-31-29-63(30-32-64)47-18-20-48(21-19-47)65-33-34-74-75(65,69)50-22-15-44(52(37-50)78(72,73)57(59,60)61)35-41(38-76-51-11-6-5-7-12-51)23-26-62-27-24-43(25-28-62)56(67)68/h5-22,36-37,39,41,43H,23-35,38H2,1-4H3,(H,67,68)/t41-,75+/m0/s1. The van der Waals surface area contributed by atoms with Gasteiger partial charge in [-0.05, 0) is 161 Å². The van der Waals surface area contributed by atoms with E-state index >= 15 is 4.57 Å². The van der Waals surface area contributed by atoms with Crippen LogP contribution < -0.4 is 19.8 Å². The molecule has 78 heavy (non-hydrogen) atoms. The number of carboxylic acid groups (broad SMARTS) is 1. The van der Waals surface area contributed by atoms with Crippen LogP contribution in [0.5, 0.6) is 0 Å². The molecule has 9 rings (SSSR count). The van der Waals surface area contributed by atoms with Crippen molar-refractivity contribution in [1.29, 1.82) is 0 Å². The van der Waals surface area contributed by atoms with Crippen molar-refractivity contribution in [3.05, 3.63) is 138 Å². The third-order valence-corrected chi connectivity index (χ3v) is 21.9. The molecule has 3 saturated heterocycles. The lowest BCUT2D eigenvalue weighted by Crippen LogP contribution is -2.46. The minimum Gasteiger partial charge on any atom is -0.481 e. The molecule has 5 aromatic carbocycles. The van der Waals surface area contributed by atoms with Crippen LogP contribution in [0, 0.1) is 18.8 Å². The number of benzene rings is 5. The maximum absolute atomic E-state index is 15.0. The van der Waals surface area contributed by atoms with Crippen LogP contribution in [-0.4, -0.2) is 114 Å². The number of carbonyl (C=O) groups is 1. The van der Waals surface area contributed by atoms with E-state index in [1.807, 2.05) is 99.6 Å². The number of hydrogen-bond donors (Lipinski definition) is 1. The molecule has 3 fully saturated rings. The fourth-order valence-corrected chi connectivity index (χ4v) is 16.9. The van der Waals surface area contributed by atoms with Crippen molar-refractivity contribution in [3.8, 4) is 22.4 Å². The zero-order valence-electron chi connectivity index (χ0n) is 43.9. The van der Waals surface area contributed by atoms with Gasteiger partial charge < -0.3 is 28.9 Å². The lowest BCUT2D eigenvalue weighted by atomic mass is 9.95. The normalized spacial score (nSPS) is 18.5. The summed E-state index contributed by atoms with van der Waals surface area (Å²) in [5.74, 6) is -1.04. The molecule has 13 nitrogen and oxygen atoms in total. The number of halogens is 4. The third-order valence-electron chi connectivity index (χ3n) is 15.1. The Hall–Kier alpha value is -5.27. The number of carboxylic acids is 1. The van der Waals surface area contributed by atoms with Crippen molar-refractivity contribution in [2.45, 2.75) is 72.7 Å². The summed E-state index contributed by atoms with van der Waals surface area (Å²) in [6.45, 7) is 10.3. The molecule has 21 heteroatoms. The van der Waals surface area contributed by atoms with Gasteiger partial charge in [0.25, 0.3) is 9.84 Å². The highest BCUT2D eigenvalue weighted by Crippen LogP contribution is 2.56. The number of piperidine rings is 1. The summed E-state index contributed by atoms with van der Waals surface area (Å²) >= 11 is 7.82. The minimum atomic E-state index is -5.91. The van der Waals surface area contributed by atoms with Crippen molar-refractivity contribution in [3.63, 3.8) is 0 Å². The highest BCUT2D eigenvalue weighted by molar-refractivity contribution is 7.99. The molecule has 3 aliphatic rings. The highest BCUT2D eigenvalue weighted by Gasteiger charge is 2.49. The predicted octanol–water partition coefficient (Wildman–Crippen LogP) is 11.9. The zero-order chi connectivity index (χ0) is 55.7. The average molecular weight is 1170 g/mol. The van der Waals surface area contributed by atoms with Gasteiger partial charge in [0.05, 0.1) is 39.9 Å². The first-order valence-corrected chi connectivity index (χ1v) is 32.4. The van der Waals surface area contributed by atoms with Crippen molar-refractivity contribution >= 4 is 78.9 Å². The van der Waals surface area contributed by atoms with E-state index in [2.05, 4.69) is 19.3 Å². The first-order chi connectivity index (χ1) is 37.0. The van der Waals surface area contributed by atoms with E-state index in [-0.39, 0.29) is 47.3 Å². The summed E-state index contributed by atoms with van der Waals surface area (Å²) in [6.07, 6.45) is 2.76. The van der Waals surface area contributed by atoms with Crippen LogP contribution in [0.1, 0.15) is 50.4 Å². The molecular weight excluding hydrogens is 1100 g/mol. The van der Waals surface area contributed by atoms with E-state index in [1.165, 1.54) is 34.8 Å². The number of piperazine rings is 1. The molecule has 4 heterocycles. The molecular formula is C57H64ClF3N5O8PS3. The zero-order valence-corrected chi connectivity index (χ0v) is 48.0. The number of anilines is 3. The lowest BCUT2D eigenvalue weighted by molar-refractivity contribution is -0.143. The molecule has 416 valence electrons. The fourth-order valence-electron chi connectivity index (χ4n) is 11.1. The summed E-state index contributed by atoms with van der Waals surface area (Å²) in [7, 11) is -13.7. The molecule has 0 radical (unpaired) electrons. The molecule has 0 unspecified atom stereocenters.